The molecule has 0 bridgehead atoms. The number of hydrogen-bond donors (Lipinski definition) is 1. The van der Waals surface area contributed by atoms with Crippen LogP contribution < -0.4 is 10.2 Å². The molecule has 0 aliphatic carbocycles. The van der Waals surface area contributed by atoms with Crippen LogP contribution in [0.1, 0.15) is 27.5 Å². The van der Waals surface area contributed by atoms with Gasteiger partial charge in [-0.15, -0.1) is 0 Å². The highest BCUT2D eigenvalue weighted by atomic mass is 16.6. The van der Waals surface area contributed by atoms with Gasteiger partial charge >= 0.3 is 11.8 Å². The van der Waals surface area contributed by atoms with E-state index in [1.807, 2.05) is 30.3 Å². The van der Waals surface area contributed by atoms with Crippen molar-refractivity contribution in [3.8, 4) is 0 Å². The Kier molecular flexibility index (Phi) is 4.97. The first-order valence-corrected chi connectivity index (χ1v) is 7.86. The van der Waals surface area contributed by atoms with Crippen LogP contribution in [0, 0.1) is 22.2 Å². The van der Waals surface area contributed by atoms with Gasteiger partial charge in [-0.05, 0) is 11.6 Å². The van der Waals surface area contributed by atoms with E-state index in [9.17, 15) is 20.1 Å². The Bertz CT molecular complexity index is 1010. The fourth-order valence-corrected chi connectivity index (χ4v) is 2.49. The van der Waals surface area contributed by atoms with E-state index in [0.717, 1.165) is 11.8 Å². The lowest BCUT2D eigenvalue weighted by Crippen LogP contribution is -2.36. The Morgan fingerprint density at radius 2 is 2.07 bits per heavy atom. The summed E-state index contributed by atoms with van der Waals surface area (Å²) in [6.07, 6.45) is 2.40. The summed E-state index contributed by atoms with van der Waals surface area (Å²) in [7, 11) is 0. The third-order valence-corrected chi connectivity index (χ3v) is 3.80. The summed E-state index contributed by atoms with van der Waals surface area (Å²) in [4.78, 5) is 22.1. The summed E-state index contributed by atoms with van der Waals surface area (Å²) in [6.45, 7) is 2.10. The van der Waals surface area contributed by atoms with E-state index in [-0.39, 0.29) is 11.5 Å². The van der Waals surface area contributed by atoms with E-state index in [0.29, 0.717) is 17.0 Å². The molecule has 0 saturated carbocycles. The summed E-state index contributed by atoms with van der Waals surface area (Å²) >= 11 is 0. The predicted molar refractivity (Wildman–Crippen MR) is 94.1 cm³/mol. The van der Waals surface area contributed by atoms with Crippen LogP contribution >= 0.6 is 0 Å². The van der Waals surface area contributed by atoms with Gasteiger partial charge in [0.25, 0.3) is 0 Å². The third kappa shape index (κ3) is 4.00. The van der Waals surface area contributed by atoms with Crippen molar-refractivity contribution < 1.29 is 18.9 Å². The number of rotatable bonds is 6. The minimum Gasteiger partial charge on any atom is -0.710 e. The van der Waals surface area contributed by atoms with Gasteiger partial charge in [0, 0.05) is 6.92 Å². The number of hydrazone groups is 1. The average molecular weight is 369 g/mol. The number of imidazole rings is 1. The van der Waals surface area contributed by atoms with E-state index in [2.05, 4.69) is 10.5 Å². The second kappa shape index (κ2) is 7.52. The van der Waals surface area contributed by atoms with Crippen molar-refractivity contribution in [1.82, 2.24) is 9.99 Å². The van der Waals surface area contributed by atoms with Crippen LogP contribution in [0.25, 0.3) is 0 Å². The number of nitro groups is 1. The molecule has 10 nitrogen and oxygen atoms in total. The number of benzene rings is 1. The summed E-state index contributed by atoms with van der Waals surface area (Å²) < 4.78 is 7.02. The highest BCUT2D eigenvalue weighted by molar-refractivity contribution is 5.92. The highest BCUT2D eigenvalue weighted by Gasteiger charge is 2.23. The number of carbonyl (C=O) groups is 1. The normalized spacial score (nSPS) is 11.0. The summed E-state index contributed by atoms with van der Waals surface area (Å²) in [5.41, 5.74) is 3.59. The topological polar surface area (TPSA) is 130 Å². The van der Waals surface area contributed by atoms with Crippen LogP contribution in [-0.4, -0.2) is 21.6 Å². The number of aromatic nitrogens is 2. The Labute approximate surface area is 153 Å². The van der Waals surface area contributed by atoms with Crippen molar-refractivity contribution in [2.75, 3.05) is 0 Å². The maximum atomic E-state index is 12.3. The SMILES string of the molecule is Cc1c(C(=O)N/N=C/c2ccc([N+](=O)[O-])o2)[n+]([O-])cn1Cc1ccccc1. The van der Waals surface area contributed by atoms with E-state index >= 15 is 0 Å². The monoisotopic (exact) mass is 369 g/mol. The summed E-state index contributed by atoms with van der Waals surface area (Å²) in [5, 5.41) is 26.3. The maximum Gasteiger partial charge on any atom is 0.433 e. The zero-order chi connectivity index (χ0) is 19.4. The Morgan fingerprint density at radius 3 is 2.74 bits per heavy atom. The number of carbonyl (C=O) groups excluding carboxylic acids is 1. The number of hydrogen-bond acceptors (Lipinski definition) is 6. The van der Waals surface area contributed by atoms with Crippen LogP contribution in [0.2, 0.25) is 0 Å². The molecule has 0 atom stereocenters. The molecule has 138 valence electrons. The van der Waals surface area contributed by atoms with Crippen LogP contribution in [-0.2, 0) is 6.54 Å². The van der Waals surface area contributed by atoms with Crippen LogP contribution in [0.3, 0.4) is 0 Å². The summed E-state index contributed by atoms with van der Waals surface area (Å²) in [6, 6.07) is 12.0. The number of nitrogens with one attached hydrogen (secondary N) is 1. The molecule has 3 rings (SSSR count). The van der Waals surface area contributed by atoms with Gasteiger partial charge in [0.2, 0.25) is 12.0 Å². The van der Waals surface area contributed by atoms with E-state index < -0.39 is 16.7 Å². The quantitative estimate of drug-likeness (QED) is 0.233. The van der Waals surface area contributed by atoms with Crippen molar-refractivity contribution in [3.05, 3.63) is 86.8 Å². The van der Waals surface area contributed by atoms with Gasteiger partial charge in [0.05, 0.1) is 12.3 Å². The second-order valence-electron chi connectivity index (χ2n) is 5.62. The lowest BCUT2D eigenvalue weighted by molar-refractivity contribution is -0.607. The lowest BCUT2D eigenvalue weighted by atomic mass is 10.2. The molecule has 0 fully saturated rings. The molecule has 0 aliphatic rings. The van der Waals surface area contributed by atoms with Crippen LogP contribution in [0.15, 0.2) is 58.3 Å². The molecule has 2 aromatic heterocycles. The largest absolute Gasteiger partial charge is 0.710 e. The zero-order valence-electron chi connectivity index (χ0n) is 14.2. The molecule has 0 unspecified atom stereocenters. The molecule has 27 heavy (non-hydrogen) atoms. The standard InChI is InChI=1S/C17H15N5O5/c1-12-16(21(24)11-20(12)10-13-5-3-2-4-6-13)17(23)19-18-9-14-7-8-15(27-14)22(25)26/h2-9,11H,10H2,1H3,(H,19,23)/b18-9+. The molecule has 0 radical (unpaired) electrons. The molecule has 2 heterocycles. The Morgan fingerprint density at radius 1 is 1.33 bits per heavy atom. The first kappa shape index (κ1) is 17.9. The van der Waals surface area contributed by atoms with Gasteiger partial charge in [-0.1, -0.05) is 30.3 Å². The fourth-order valence-electron chi connectivity index (χ4n) is 2.49. The van der Waals surface area contributed by atoms with Gasteiger partial charge in [-0.2, -0.15) is 5.10 Å². The van der Waals surface area contributed by atoms with Gasteiger partial charge < -0.3 is 9.62 Å². The highest BCUT2D eigenvalue weighted by Crippen LogP contribution is 2.13. The second-order valence-corrected chi connectivity index (χ2v) is 5.62. The molecule has 10 heteroatoms. The predicted octanol–water partition coefficient (Wildman–Crippen LogP) is 1.74. The first-order valence-electron chi connectivity index (χ1n) is 7.86. The minimum atomic E-state index is -0.702. The smallest absolute Gasteiger partial charge is 0.433 e. The molecular weight excluding hydrogens is 354 g/mol. The Balaban J connectivity index is 1.71. The number of furan rings is 1. The molecule has 0 aliphatic heterocycles. The van der Waals surface area contributed by atoms with E-state index in [4.69, 9.17) is 4.42 Å². The molecule has 0 saturated heterocycles. The van der Waals surface area contributed by atoms with Gasteiger partial charge in [-0.25, -0.2) is 14.7 Å². The number of nitrogens with zero attached hydrogens (tertiary/aromatic N) is 4. The summed E-state index contributed by atoms with van der Waals surface area (Å²) in [5.74, 6) is -1.05. The zero-order valence-corrected chi connectivity index (χ0v) is 14.2. The van der Waals surface area contributed by atoms with Crippen molar-refractivity contribution in [3.63, 3.8) is 0 Å². The maximum absolute atomic E-state index is 12.3. The van der Waals surface area contributed by atoms with Gasteiger partial charge in [-0.3, -0.25) is 14.9 Å². The van der Waals surface area contributed by atoms with Crippen molar-refractivity contribution in [1.29, 1.82) is 0 Å². The fraction of sp³-hybridized carbons (Fsp3) is 0.118. The Hall–Kier alpha value is -3.95. The van der Waals surface area contributed by atoms with Gasteiger partial charge in [0.1, 0.15) is 11.5 Å². The van der Waals surface area contributed by atoms with Crippen molar-refractivity contribution in [2.24, 2.45) is 5.10 Å². The average Bonchev–Trinajstić information content (AvgIpc) is 3.21. The molecule has 0 spiro atoms. The molecule has 1 N–H and O–H groups in total. The van der Waals surface area contributed by atoms with Crippen LogP contribution in [0.5, 0.6) is 0 Å². The van der Waals surface area contributed by atoms with Crippen LogP contribution in [0.4, 0.5) is 5.88 Å². The van der Waals surface area contributed by atoms with Crippen molar-refractivity contribution in [2.45, 2.75) is 13.5 Å². The minimum absolute atomic E-state index is 0.0893. The van der Waals surface area contributed by atoms with E-state index in [1.54, 1.807) is 11.5 Å². The molecule has 1 amide bonds. The third-order valence-electron chi connectivity index (χ3n) is 3.80. The molecule has 1 aromatic carbocycles. The van der Waals surface area contributed by atoms with E-state index in [1.165, 1.54) is 18.5 Å². The first-order chi connectivity index (χ1) is 13.0. The molecular formula is C17H15N5O5. The number of amides is 1. The van der Waals surface area contributed by atoms with Gasteiger partial charge in [0.15, 0.2) is 11.5 Å². The molecule has 3 aromatic rings. The van der Waals surface area contributed by atoms with Crippen molar-refractivity contribution >= 4 is 18.0 Å². The lowest BCUT2D eigenvalue weighted by Gasteiger charge is -2.01.